The highest BCUT2D eigenvalue weighted by atomic mass is 32.1. The van der Waals surface area contributed by atoms with E-state index < -0.39 is 0 Å². The molecule has 1 aromatic carbocycles. The van der Waals surface area contributed by atoms with Gasteiger partial charge in [-0.05, 0) is 36.5 Å². The highest BCUT2D eigenvalue weighted by Crippen LogP contribution is 2.18. The number of likely N-dealkylation sites (N-methyl/N-ethyl adjacent to an activating group) is 2. The fourth-order valence-electron chi connectivity index (χ4n) is 2.62. The molecule has 0 unspecified atom stereocenters. The number of quaternary nitrogens is 1. The second-order valence-electron chi connectivity index (χ2n) is 6.74. The van der Waals surface area contributed by atoms with Crippen molar-refractivity contribution in [2.45, 2.75) is 0 Å². The lowest BCUT2D eigenvalue weighted by atomic mass is 10.2. The number of hydrogen-bond acceptors (Lipinski definition) is 4. The lowest BCUT2D eigenvalue weighted by Crippen LogP contribution is -3.06. The zero-order valence-electron chi connectivity index (χ0n) is 15.9. The molecule has 2 rings (SSSR count). The summed E-state index contributed by atoms with van der Waals surface area (Å²) >= 11 is 5.31. The summed E-state index contributed by atoms with van der Waals surface area (Å²) in [5, 5.41) is 6.67. The van der Waals surface area contributed by atoms with E-state index in [1.807, 2.05) is 31.3 Å². The Morgan fingerprint density at radius 1 is 1.27 bits per heavy atom. The summed E-state index contributed by atoms with van der Waals surface area (Å²) in [6, 6.07) is 7.92. The quantitative estimate of drug-likeness (QED) is 0.550. The number of carbonyl (C=O) groups excluding carboxylic acids is 1. The molecule has 0 spiro atoms. The predicted molar refractivity (Wildman–Crippen MR) is 109 cm³/mol. The first-order valence-corrected chi connectivity index (χ1v) is 9.37. The van der Waals surface area contributed by atoms with Crippen molar-refractivity contribution in [2.24, 2.45) is 0 Å². The van der Waals surface area contributed by atoms with E-state index in [0.29, 0.717) is 5.11 Å². The Balaban J connectivity index is 1.76. The summed E-state index contributed by atoms with van der Waals surface area (Å²) < 4.78 is 5.37. The smallest absolute Gasteiger partial charge is 0.243 e. The standard InChI is InChI=1S/C18H29N5O2S/c1-21(2)9-8-19-18(26)22(3)14-17(24)20-15-4-6-16(7-5-15)23-10-12-25-13-11-23/h4-7H,8-14H2,1-3H3,(H,19,26)(H,20,24)/p+1. The van der Waals surface area contributed by atoms with Crippen LogP contribution in [-0.2, 0) is 9.53 Å². The molecule has 0 atom stereocenters. The fourth-order valence-corrected chi connectivity index (χ4v) is 2.79. The van der Waals surface area contributed by atoms with Crippen molar-refractivity contribution < 1.29 is 14.4 Å². The molecule has 0 bridgehead atoms. The van der Waals surface area contributed by atoms with Crippen LogP contribution in [0.3, 0.4) is 0 Å². The van der Waals surface area contributed by atoms with Gasteiger partial charge in [0, 0.05) is 31.5 Å². The second-order valence-corrected chi connectivity index (χ2v) is 7.13. The van der Waals surface area contributed by atoms with Crippen LogP contribution in [0.25, 0.3) is 0 Å². The zero-order valence-corrected chi connectivity index (χ0v) is 16.7. The summed E-state index contributed by atoms with van der Waals surface area (Å²) in [6.07, 6.45) is 0. The average Bonchev–Trinajstić information content (AvgIpc) is 2.62. The van der Waals surface area contributed by atoms with Crippen molar-refractivity contribution in [3.63, 3.8) is 0 Å². The van der Waals surface area contributed by atoms with Crippen LogP contribution < -0.4 is 20.4 Å². The first kappa shape index (κ1) is 20.4. The molecule has 1 fully saturated rings. The van der Waals surface area contributed by atoms with Gasteiger partial charge in [0.2, 0.25) is 5.91 Å². The number of nitrogens with one attached hydrogen (secondary N) is 3. The van der Waals surface area contributed by atoms with Gasteiger partial charge in [0.25, 0.3) is 0 Å². The van der Waals surface area contributed by atoms with Gasteiger partial charge in [-0.2, -0.15) is 0 Å². The van der Waals surface area contributed by atoms with Gasteiger partial charge < -0.3 is 30.1 Å². The lowest BCUT2D eigenvalue weighted by molar-refractivity contribution is -0.856. The molecule has 144 valence electrons. The number of carbonyl (C=O) groups is 1. The molecular formula is C18H30N5O2S+. The minimum atomic E-state index is -0.0889. The van der Waals surface area contributed by atoms with Gasteiger partial charge in [0.05, 0.1) is 46.9 Å². The summed E-state index contributed by atoms with van der Waals surface area (Å²) in [7, 11) is 6.00. The van der Waals surface area contributed by atoms with Crippen LogP contribution in [0.1, 0.15) is 0 Å². The van der Waals surface area contributed by atoms with Gasteiger partial charge in [0.1, 0.15) is 0 Å². The minimum absolute atomic E-state index is 0.0889. The largest absolute Gasteiger partial charge is 0.378 e. The highest BCUT2D eigenvalue weighted by Gasteiger charge is 2.12. The number of ether oxygens (including phenoxy) is 1. The van der Waals surface area contributed by atoms with E-state index in [-0.39, 0.29) is 12.5 Å². The molecule has 1 aromatic rings. The second kappa shape index (κ2) is 10.3. The molecule has 0 aromatic heterocycles. The van der Waals surface area contributed by atoms with Crippen molar-refractivity contribution in [3.05, 3.63) is 24.3 Å². The molecule has 1 amide bonds. The Labute approximate surface area is 161 Å². The van der Waals surface area contributed by atoms with E-state index in [1.54, 1.807) is 4.90 Å². The van der Waals surface area contributed by atoms with Crippen LogP contribution in [0.4, 0.5) is 11.4 Å². The molecule has 3 N–H and O–H groups in total. The number of morpholine rings is 1. The molecule has 1 saturated heterocycles. The van der Waals surface area contributed by atoms with Crippen molar-refractivity contribution in [1.82, 2.24) is 10.2 Å². The van der Waals surface area contributed by atoms with E-state index in [0.717, 1.165) is 50.8 Å². The van der Waals surface area contributed by atoms with Crippen LogP contribution in [0.15, 0.2) is 24.3 Å². The number of amides is 1. The number of thiocarbonyl (C=S) groups is 1. The van der Waals surface area contributed by atoms with E-state index in [9.17, 15) is 4.79 Å². The minimum Gasteiger partial charge on any atom is -0.378 e. The number of benzene rings is 1. The third kappa shape index (κ3) is 6.78. The molecule has 1 aliphatic rings. The van der Waals surface area contributed by atoms with Crippen LogP contribution in [0, 0.1) is 0 Å². The Hall–Kier alpha value is -1.90. The maximum absolute atomic E-state index is 12.2. The number of hydrogen-bond donors (Lipinski definition) is 3. The normalized spacial score (nSPS) is 14.2. The van der Waals surface area contributed by atoms with Crippen LogP contribution in [0.5, 0.6) is 0 Å². The van der Waals surface area contributed by atoms with E-state index in [4.69, 9.17) is 17.0 Å². The van der Waals surface area contributed by atoms with Crippen molar-refractivity contribution in [3.8, 4) is 0 Å². The summed E-state index contributed by atoms with van der Waals surface area (Å²) in [4.78, 5) is 17.6. The van der Waals surface area contributed by atoms with Crippen molar-refractivity contribution in [1.29, 1.82) is 0 Å². The fraction of sp³-hybridized carbons (Fsp3) is 0.556. The summed E-state index contributed by atoms with van der Waals surface area (Å²) in [5.41, 5.74) is 1.94. The molecule has 8 heteroatoms. The number of rotatable bonds is 7. The predicted octanol–water partition coefficient (Wildman–Crippen LogP) is -0.587. The maximum Gasteiger partial charge on any atom is 0.243 e. The highest BCUT2D eigenvalue weighted by molar-refractivity contribution is 7.80. The Bertz CT molecular complexity index is 588. The summed E-state index contributed by atoms with van der Waals surface area (Å²) in [6.45, 7) is 5.29. The zero-order chi connectivity index (χ0) is 18.9. The summed E-state index contributed by atoms with van der Waals surface area (Å²) in [5.74, 6) is -0.0889. The number of nitrogens with zero attached hydrogens (tertiary/aromatic N) is 2. The van der Waals surface area contributed by atoms with Crippen LogP contribution in [0.2, 0.25) is 0 Å². The molecule has 1 heterocycles. The van der Waals surface area contributed by atoms with Gasteiger partial charge >= 0.3 is 0 Å². The third-order valence-electron chi connectivity index (χ3n) is 4.16. The lowest BCUT2D eigenvalue weighted by Gasteiger charge is -2.29. The van der Waals surface area contributed by atoms with Crippen LogP contribution >= 0.6 is 12.2 Å². The van der Waals surface area contributed by atoms with Crippen molar-refractivity contribution >= 4 is 34.6 Å². The maximum atomic E-state index is 12.2. The van der Waals surface area contributed by atoms with E-state index in [1.165, 1.54) is 4.90 Å². The molecular weight excluding hydrogens is 350 g/mol. The van der Waals surface area contributed by atoms with Crippen molar-refractivity contribution in [2.75, 3.05) is 77.3 Å². The molecule has 1 aliphatic heterocycles. The van der Waals surface area contributed by atoms with Gasteiger partial charge in [-0.1, -0.05) is 0 Å². The van der Waals surface area contributed by atoms with Crippen LogP contribution in [-0.4, -0.2) is 83.0 Å². The Morgan fingerprint density at radius 3 is 2.54 bits per heavy atom. The van der Waals surface area contributed by atoms with Gasteiger partial charge in [-0.15, -0.1) is 0 Å². The average molecular weight is 381 g/mol. The Morgan fingerprint density at radius 2 is 1.92 bits per heavy atom. The molecule has 0 radical (unpaired) electrons. The van der Waals surface area contributed by atoms with E-state index in [2.05, 4.69) is 29.6 Å². The number of anilines is 2. The third-order valence-corrected chi connectivity index (χ3v) is 4.61. The molecule has 0 aliphatic carbocycles. The topological polar surface area (TPSA) is 61.3 Å². The van der Waals surface area contributed by atoms with E-state index >= 15 is 0 Å². The van der Waals surface area contributed by atoms with Gasteiger partial charge in [-0.25, -0.2) is 0 Å². The monoisotopic (exact) mass is 380 g/mol. The molecule has 7 nitrogen and oxygen atoms in total. The molecule has 26 heavy (non-hydrogen) atoms. The van der Waals surface area contributed by atoms with Gasteiger partial charge in [-0.3, -0.25) is 4.79 Å². The molecule has 0 saturated carbocycles. The van der Waals surface area contributed by atoms with Gasteiger partial charge in [0.15, 0.2) is 5.11 Å². The first-order chi connectivity index (χ1) is 12.5. The SMILES string of the molecule is CN(CC(=O)Nc1ccc(N2CCOCC2)cc1)C(=S)NCC[NH+](C)C. The first-order valence-electron chi connectivity index (χ1n) is 8.96. The Kier molecular flexibility index (Phi) is 8.08.